The van der Waals surface area contributed by atoms with E-state index >= 15 is 0 Å². The van der Waals surface area contributed by atoms with Crippen molar-refractivity contribution in [2.75, 3.05) is 24.0 Å². The smallest absolute Gasteiger partial charge is 0.119 e. The molecule has 0 amide bonds. The highest BCUT2D eigenvalue weighted by Gasteiger charge is 2.19. The van der Waals surface area contributed by atoms with E-state index in [9.17, 15) is 0 Å². The van der Waals surface area contributed by atoms with E-state index < -0.39 is 0 Å². The summed E-state index contributed by atoms with van der Waals surface area (Å²) in [4.78, 5) is 4.62. The van der Waals surface area contributed by atoms with Crippen LogP contribution in [0.3, 0.4) is 0 Å². The molecule has 0 unspecified atom stereocenters. The summed E-state index contributed by atoms with van der Waals surface area (Å²) in [5, 5.41) is 0. The van der Waals surface area contributed by atoms with E-state index in [1.807, 2.05) is 24.3 Å². The molecule has 4 aromatic carbocycles. The Morgan fingerprint density at radius 3 is 1.17 bits per heavy atom. The SMILES string of the molecule is COc1ccc(N(c2cccc(C)c2)c2cc3cccc-3cc(N(c3ccc(OC)cc3)c3cccc(C)c3)c2)cc1. The maximum Gasteiger partial charge on any atom is 0.119 e. The molecule has 4 heteroatoms. The zero-order chi connectivity index (χ0) is 29.1. The molecule has 2 aliphatic carbocycles. The van der Waals surface area contributed by atoms with Crippen LogP contribution in [-0.2, 0) is 0 Å². The number of anilines is 6. The predicted octanol–water partition coefficient (Wildman–Crippen LogP) is 10.4. The number of methoxy groups -OCH3 is 2. The van der Waals surface area contributed by atoms with Crippen molar-refractivity contribution in [2.24, 2.45) is 0 Å². The van der Waals surface area contributed by atoms with Gasteiger partial charge in [-0.05, 0) is 127 Å². The van der Waals surface area contributed by atoms with Crippen LogP contribution in [-0.4, -0.2) is 14.2 Å². The Labute approximate surface area is 248 Å². The quantitative estimate of drug-likeness (QED) is 0.188. The molecule has 0 aliphatic heterocycles. The minimum Gasteiger partial charge on any atom is -0.497 e. The Kier molecular flexibility index (Phi) is 7.52. The Balaban J connectivity index is 1.61. The van der Waals surface area contributed by atoms with Crippen LogP contribution in [0.15, 0.2) is 133 Å². The highest BCUT2D eigenvalue weighted by molar-refractivity contribution is 5.87. The number of rotatable bonds is 8. The summed E-state index contributed by atoms with van der Waals surface area (Å²) >= 11 is 0. The van der Waals surface area contributed by atoms with Gasteiger partial charge in [0.05, 0.1) is 14.2 Å². The van der Waals surface area contributed by atoms with Crippen LogP contribution < -0.4 is 19.3 Å². The molecular weight excluding hydrogens is 516 g/mol. The third kappa shape index (κ3) is 5.52. The van der Waals surface area contributed by atoms with Crippen LogP contribution in [0.4, 0.5) is 34.1 Å². The number of hydrogen-bond acceptors (Lipinski definition) is 4. The third-order valence-corrected chi connectivity index (χ3v) is 7.48. The van der Waals surface area contributed by atoms with Gasteiger partial charge < -0.3 is 19.3 Å². The van der Waals surface area contributed by atoms with Gasteiger partial charge in [-0.1, -0.05) is 42.5 Å². The molecule has 0 saturated carbocycles. The Bertz CT molecular complexity index is 1650. The number of benzene rings is 4. The minimum atomic E-state index is 0.825. The first-order chi connectivity index (χ1) is 20.5. The topological polar surface area (TPSA) is 24.9 Å². The normalized spacial score (nSPS) is 10.9. The standard InChI is InChI=1S/C38H34N2O2/c1-27-8-5-12-33(22-27)39(31-14-18-37(41-3)19-15-31)35-24-29-10-7-11-30(29)25-36(26-35)40(34-13-6-9-28(2)23-34)32-16-20-38(42-4)21-17-32/h5-26H,1-4H3. The first-order valence-corrected chi connectivity index (χ1v) is 14.1. The van der Waals surface area contributed by atoms with Gasteiger partial charge in [-0.15, -0.1) is 0 Å². The summed E-state index contributed by atoms with van der Waals surface area (Å²) < 4.78 is 11.0. The Morgan fingerprint density at radius 2 is 0.786 bits per heavy atom. The maximum atomic E-state index is 5.48. The predicted molar refractivity (Wildman–Crippen MR) is 175 cm³/mol. The molecular formula is C38H34N2O2. The number of ether oxygens (including phenoxy) is 2. The van der Waals surface area contributed by atoms with Crippen molar-refractivity contribution in [3.05, 3.63) is 145 Å². The van der Waals surface area contributed by atoms with E-state index in [4.69, 9.17) is 9.47 Å². The Hall–Kier alpha value is -5.22. The summed E-state index contributed by atoms with van der Waals surface area (Å²) in [7, 11) is 3.39. The fraction of sp³-hybridized carbons (Fsp3) is 0.105. The van der Waals surface area contributed by atoms with Crippen LogP contribution in [0.25, 0.3) is 11.1 Å². The molecule has 0 atom stereocenters. The first kappa shape index (κ1) is 27.0. The lowest BCUT2D eigenvalue weighted by Crippen LogP contribution is -2.12. The lowest BCUT2D eigenvalue weighted by Gasteiger charge is -2.28. The second-order valence-electron chi connectivity index (χ2n) is 10.5. The monoisotopic (exact) mass is 550 g/mol. The molecule has 0 spiro atoms. The van der Waals surface area contributed by atoms with Crippen molar-refractivity contribution < 1.29 is 9.47 Å². The molecule has 42 heavy (non-hydrogen) atoms. The van der Waals surface area contributed by atoms with Crippen LogP contribution in [0.1, 0.15) is 11.1 Å². The molecule has 2 aliphatic rings. The van der Waals surface area contributed by atoms with Crippen molar-refractivity contribution in [2.45, 2.75) is 13.8 Å². The van der Waals surface area contributed by atoms with E-state index in [1.165, 1.54) is 22.3 Å². The van der Waals surface area contributed by atoms with E-state index in [2.05, 4.69) is 133 Å². The summed E-state index contributed by atoms with van der Waals surface area (Å²) in [6, 6.07) is 47.0. The molecule has 0 fully saturated rings. The zero-order valence-electron chi connectivity index (χ0n) is 24.4. The van der Waals surface area contributed by atoms with Gasteiger partial charge in [-0.25, -0.2) is 0 Å². The molecule has 0 saturated heterocycles. The second-order valence-corrected chi connectivity index (χ2v) is 10.5. The maximum absolute atomic E-state index is 5.48. The average Bonchev–Trinajstić information content (AvgIpc) is 3.36. The molecule has 4 aromatic rings. The van der Waals surface area contributed by atoms with E-state index in [-0.39, 0.29) is 0 Å². The van der Waals surface area contributed by atoms with Crippen molar-refractivity contribution in [3.8, 4) is 22.6 Å². The van der Waals surface area contributed by atoms with Gasteiger partial charge in [0, 0.05) is 34.1 Å². The largest absolute Gasteiger partial charge is 0.497 e. The summed E-state index contributed by atoms with van der Waals surface area (Å²) in [5.74, 6) is 1.65. The van der Waals surface area contributed by atoms with Crippen molar-refractivity contribution in [1.82, 2.24) is 0 Å². The minimum absolute atomic E-state index is 0.825. The van der Waals surface area contributed by atoms with Crippen molar-refractivity contribution in [1.29, 1.82) is 0 Å². The van der Waals surface area contributed by atoms with Gasteiger partial charge in [-0.3, -0.25) is 0 Å². The number of fused-ring (bicyclic) bond motifs is 1. The fourth-order valence-electron chi connectivity index (χ4n) is 5.41. The third-order valence-electron chi connectivity index (χ3n) is 7.48. The highest BCUT2D eigenvalue weighted by Crippen LogP contribution is 2.43. The van der Waals surface area contributed by atoms with Gasteiger partial charge in [-0.2, -0.15) is 0 Å². The number of nitrogens with zero attached hydrogens (tertiary/aromatic N) is 2. The second kappa shape index (κ2) is 11.7. The molecule has 6 rings (SSSR count). The average molecular weight is 551 g/mol. The summed E-state index contributed by atoms with van der Waals surface area (Å²) in [6.45, 7) is 4.26. The molecule has 0 radical (unpaired) electrons. The molecule has 0 bridgehead atoms. The number of hydrogen-bond donors (Lipinski definition) is 0. The van der Waals surface area contributed by atoms with Crippen LogP contribution >= 0.6 is 0 Å². The molecule has 4 nitrogen and oxygen atoms in total. The highest BCUT2D eigenvalue weighted by atomic mass is 16.5. The molecule has 0 heterocycles. The van der Waals surface area contributed by atoms with Crippen LogP contribution in [0, 0.1) is 13.8 Å². The molecule has 0 aromatic heterocycles. The lowest BCUT2D eigenvalue weighted by atomic mass is 10.1. The number of aryl methyl sites for hydroxylation is 2. The molecule has 0 N–H and O–H groups in total. The summed E-state index contributed by atoms with van der Waals surface area (Å²) in [6.07, 6.45) is 0. The van der Waals surface area contributed by atoms with E-state index in [1.54, 1.807) is 14.2 Å². The summed E-state index contributed by atoms with van der Waals surface area (Å²) in [5.41, 5.74) is 11.1. The zero-order valence-corrected chi connectivity index (χ0v) is 24.4. The molecule has 208 valence electrons. The van der Waals surface area contributed by atoms with Gasteiger partial charge in [0.2, 0.25) is 0 Å². The van der Waals surface area contributed by atoms with Crippen molar-refractivity contribution in [3.63, 3.8) is 0 Å². The Morgan fingerprint density at radius 1 is 0.381 bits per heavy atom. The van der Waals surface area contributed by atoms with Gasteiger partial charge in [0.15, 0.2) is 0 Å². The van der Waals surface area contributed by atoms with Gasteiger partial charge >= 0.3 is 0 Å². The lowest BCUT2D eigenvalue weighted by molar-refractivity contribution is 0.414. The van der Waals surface area contributed by atoms with E-state index in [0.29, 0.717) is 0 Å². The fourth-order valence-corrected chi connectivity index (χ4v) is 5.41. The van der Waals surface area contributed by atoms with Gasteiger partial charge in [0.1, 0.15) is 11.5 Å². The van der Waals surface area contributed by atoms with Crippen LogP contribution in [0.5, 0.6) is 11.5 Å². The first-order valence-electron chi connectivity index (χ1n) is 14.1. The van der Waals surface area contributed by atoms with Crippen molar-refractivity contribution >= 4 is 34.1 Å². The van der Waals surface area contributed by atoms with Crippen LogP contribution in [0.2, 0.25) is 0 Å². The van der Waals surface area contributed by atoms with Gasteiger partial charge in [0.25, 0.3) is 0 Å². The van der Waals surface area contributed by atoms with E-state index in [0.717, 1.165) is 45.6 Å².